The number of hydrogen-bond acceptors (Lipinski definition) is 3. The number of carbonyl (C=O) groups is 1. The summed E-state index contributed by atoms with van der Waals surface area (Å²) in [5, 5.41) is 0. The third kappa shape index (κ3) is 1.26. The van der Waals surface area contributed by atoms with E-state index in [1.807, 2.05) is 67.6 Å². The van der Waals surface area contributed by atoms with Gasteiger partial charge in [-0.05, 0) is 18.1 Å². The molecule has 2 heterocycles. The van der Waals surface area contributed by atoms with Crippen LogP contribution in [0.15, 0.2) is 60.7 Å². The lowest BCUT2D eigenvalue weighted by molar-refractivity contribution is -0.155. The van der Waals surface area contributed by atoms with Gasteiger partial charge in [-0.2, -0.15) is 0 Å². The smallest absolute Gasteiger partial charge is 0.342 e. The largest absolute Gasteiger partial charge is 0.452 e. The number of rotatable bonds is 2. The van der Waals surface area contributed by atoms with Crippen LogP contribution >= 0.6 is 0 Å². The zero-order chi connectivity index (χ0) is 13.8. The normalized spacial score (nSPS) is 34.5. The van der Waals surface area contributed by atoms with Crippen molar-refractivity contribution < 1.29 is 14.3 Å². The van der Waals surface area contributed by atoms with Crippen molar-refractivity contribution in [2.45, 2.75) is 24.2 Å². The lowest BCUT2D eigenvalue weighted by atomic mass is 9.82. The summed E-state index contributed by atoms with van der Waals surface area (Å²) >= 11 is 0. The number of fused-ring (bicyclic) bond motifs is 1. The molecule has 0 saturated carbocycles. The number of benzene rings is 2. The average Bonchev–Trinajstić information content (AvgIpc) is 3.08. The Bertz CT molecular complexity index is 667. The Morgan fingerprint density at radius 2 is 1.55 bits per heavy atom. The predicted molar refractivity (Wildman–Crippen MR) is 72.9 cm³/mol. The van der Waals surface area contributed by atoms with Gasteiger partial charge in [-0.3, -0.25) is 0 Å². The summed E-state index contributed by atoms with van der Waals surface area (Å²) in [6.45, 7) is 1.81. The number of ether oxygens (including phenoxy) is 2. The highest BCUT2D eigenvalue weighted by molar-refractivity contribution is 5.88. The Hall–Kier alpha value is -2.13. The fraction of sp³-hybridized carbons (Fsp3) is 0.235. The van der Waals surface area contributed by atoms with Gasteiger partial charge in [0.15, 0.2) is 11.7 Å². The first-order chi connectivity index (χ1) is 9.68. The monoisotopic (exact) mass is 266 g/mol. The molecule has 2 aliphatic heterocycles. The maximum atomic E-state index is 12.2. The summed E-state index contributed by atoms with van der Waals surface area (Å²) in [5.41, 5.74) is 0.398. The molecule has 2 aromatic carbocycles. The summed E-state index contributed by atoms with van der Waals surface area (Å²) in [6, 6.07) is 19.6. The van der Waals surface area contributed by atoms with Crippen molar-refractivity contribution in [1.29, 1.82) is 0 Å². The first-order valence-electron chi connectivity index (χ1n) is 6.70. The maximum Gasteiger partial charge on any atom is 0.342 e. The van der Waals surface area contributed by atoms with E-state index in [1.165, 1.54) is 0 Å². The van der Waals surface area contributed by atoms with Crippen LogP contribution in [0.25, 0.3) is 0 Å². The maximum absolute atomic E-state index is 12.2. The molecule has 3 nitrogen and oxygen atoms in total. The molecule has 0 N–H and O–H groups in total. The van der Waals surface area contributed by atoms with Crippen molar-refractivity contribution in [3.05, 3.63) is 71.8 Å². The van der Waals surface area contributed by atoms with Gasteiger partial charge < -0.3 is 9.47 Å². The molecule has 20 heavy (non-hydrogen) atoms. The Balaban J connectivity index is 1.87. The molecule has 2 aliphatic rings. The van der Waals surface area contributed by atoms with Crippen LogP contribution < -0.4 is 0 Å². The van der Waals surface area contributed by atoms with Gasteiger partial charge in [0.05, 0.1) is 0 Å². The molecule has 0 aromatic heterocycles. The highest BCUT2D eigenvalue weighted by atomic mass is 16.7. The Kier molecular flexibility index (Phi) is 2.16. The van der Waals surface area contributed by atoms with Gasteiger partial charge in [0.2, 0.25) is 5.60 Å². The van der Waals surface area contributed by atoms with Crippen molar-refractivity contribution in [1.82, 2.24) is 0 Å². The van der Waals surface area contributed by atoms with E-state index >= 15 is 0 Å². The van der Waals surface area contributed by atoms with Gasteiger partial charge in [-0.1, -0.05) is 60.7 Å². The van der Waals surface area contributed by atoms with E-state index in [4.69, 9.17) is 9.47 Å². The molecular weight excluding hydrogens is 252 g/mol. The first kappa shape index (κ1) is 11.7. The minimum atomic E-state index is -0.866. The summed E-state index contributed by atoms with van der Waals surface area (Å²) in [7, 11) is 0. The van der Waals surface area contributed by atoms with Crippen LogP contribution in [-0.2, 0) is 19.9 Å². The van der Waals surface area contributed by atoms with Crippen molar-refractivity contribution in [3.8, 4) is 0 Å². The van der Waals surface area contributed by atoms with Crippen molar-refractivity contribution >= 4 is 5.97 Å². The Labute approximate surface area is 117 Å². The van der Waals surface area contributed by atoms with Gasteiger partial charge in [-0.25, -0.2) is 4.79 Å². The molecule has 4 rings (SSSR count). The van der Waals surface area contributed by atoms with Crippen LogP contribution in [0.2, 0.25) is 0 Å². The highest BCUT2D eigenvalue weighted by Crippen LogP contribution is 2.68. The number of cyclic esters (lactones) is 1. The summed E-state index contributed by atoms with van der Waals surface area (Å²) in [4.78, 5) is 12.2. The van der Waals surface area contributed by atoms with Gasteiger partial charge in [0.25, 0.3) is 0 Å². The van der Waals surface area contributed by atoms with Crippen LogP contribution in [-0.4, -0.2) is 11.6 Å². The molecule has 0 spiro atoms. The second-order valence-electron chi connectivity index (χ2n) is 5.43. The molecular formula is C17H14O3. The van der Waals surface area contributed by atoms with E-state index in [1.54, 1.807) is 0 Å². The van der Waals surface area contributed by atoms with Crippen molar-refractivity contribution in [2.24, 2.45) is 0 Å². The van der Waals surface area contributed by atoms with Gasteiger partial charge >= 0.3 is 5.97 Å². The second-order valence-corrected chi connectivity index (χ2v) is 5.43. The van der Waals surface area contributed by atoms with Crippen LogP contribution in [0.5, 0.6) is 0 Å². The number of carbonyl (C=O) groups excluding carboxylic acids is 1. The Morgan fingerprint density at radius 1 is 0.950 bits per heavy atom. The lowest BCUT2D eigenvalue weighted by Crippen LogP contribution is -2.23. The quantitative estimate of drug-likeness (QED) is 0.619. The second kappa shape index (κ2) is 3.70. The molecule has 0 amide bonds. The van der Waals surface area contributed by atoms with Crippen LogP contribution in [0.1, 0.15) is 24.2 Å². The molecule has 2 saturated heterocycles. The SMILES string of the molecule is C[C@@]12O[C@]1(c1ccccc1)C(c1ccccc1)OC2=O. The Morgan fingerprint density at radius 3 is 2.15 bits per heavy atom. The van der Waals surface area contributed by atoms with E-state index in [2.05, 4.69) is 0 Å². The molecule has 3 atom stereocenters. The topological polar surface area (TPSA) is 38.8 Å². The number of esters is 1. The molecule has 2 aromatic rings. The fourth-order valence-corrected chi connectivity index (χ4v) is 3.20. The molecule has 0 bridgehead atoms. The zero-order valence-corrected chi connectivity index (χ0v) is 11.1. The minimum Gasteiger partial charge on any atom is -0.452 e. The van der Waals surface area contributed by atoms with Crippen LogP contribution in [0.3, 0.4) is 0 Å². The number of epoxide rings is 1. The first-order valence-corrected chi connectivity index (χ1v) is 6.70. The molecule has 0 radical (unpaired) electrons. The molecule has 0 aliphatic carbocycles. The van der Waals surface area contributed by atoms with E-state index in [0.717, 1.165) is 11.1 Å². The van der Waals surface area contributed by atoms with E-state index < -0.39 is 11.2 Å². The number of hydrogen-bond donors (Lipinski definition) is 0. The molecule has 3 heteroatoms. The fourth-order valence-electron chi connectivity index (χ4n) is 3.20. The highest BCUT2D eigenvalue weighted by Gasteiger charge is 2.82. The lowest BCUT2D eigenvalue weighted by Gasteiger charge is -2.20. The van der Waals surface area contributed by atoms with E-state index in [9.17, 15) is 4.79 Å². The van der Waals surface area contributed by atoms with Gasteiger partial charge in [0, 0.05) is 0 Å². The minimum absolute atomic E-state index is 0.282. The van der Waals surface area contributed by atoms with E-state index in [0.29, 0.717) is 0 Å². The van der Waals surface area contributed by atoms with Crippen LogP contribution in [0, 0.1) is 0 Å². The molecule has 2 fully saturated rings. The predicted octanol–water partition coefficient (Wildman–Crippen LogP) is 2.97. The summed E-state index contributed by atoms with van der Waals surface area (Å²) in [5.74, 6) is -0.282. The van der Waals surface area contributed by atoms with Crippen molar-refractivity contribution in [2.75, 3.05) is 0 Å². The van der Waals surface area contributed by atoms with Crippen molar-refractivity contribution in [3.63, 3.8) is 0 Å². The third-order valence-electron chi connectivity index (χ3n) is 4.32. The molecule has 100 valence electrons. The summed E-state index contributed by atoms with van der Waals surface area (Å²) in [6.07, 6.45) is -0.386. The zero-order valence-electron chi connectivity index (χ0n) is 11.1. The van der Waals surface area contributed by atoms with Gasteiger partial charge in [-0.15, -0.1) is 0 Å². The average molecular weight is 266 g/mol. The van der Waals surface area contributed by atoms with E-state index in [-0.39, 0.29) is 12.1 Å². The molecule has 1 unspecified atom stereocenters. The summed E-state index contributed by atoms with van der Waals surface area (Å²) < 4.78 is 11.5. The van der Waals surface area contributed by atoms with Gasteiger partial charge in [0.1, 0.15) is 0 Å². The standard InChI is InChI=1S/C17H14O3/c1-16-15(18)19-14(12-8-4-2-5-9-12)17(16,20-16)13-10-6-3-7-11-13/h2-11,14H,1H3/t14?,16-,17+/m0/s1. The van der Waals surface area contributed by atoms with Crippen LogP contribution in [0.4, 0.5) is 0 Å². The third-order valence-corrected chi connectivity index (χ3v) is 4.32.